The SMILES string of the molecule is C=C/C=C(\C=C)CCCC=C. The fourth-order valence-electron chi connectivity index (χ4n) is 0.855. The Bertz CT molecular complexity index is 161. The zero-order chi connectivity index (χ0) is 8.53. The van der Waals surface area contributed by atoms with E-state index in [-0.39, 0.29) is 0 Å². The molecule has 0 spiro atoms. The van der Waals surface area contributed by atoms with Gasteiger partial charge in [-0.25, -0.2) is 0 Å². The third-order valence-electron chi connectivity index (χ3n) is 1.47. The summed E-state index contributed by atoms with van der Waals surface area (Å²) in [6.45, 7) is 11.0. The van der Waals surface area contributed by atoms with Gasteiger partial charge in [0.15, 0.2) is 0 Å². The summed E-state index contributed by atoms with van der Waals surface area (Å²) in [4.78, 5) is 0. The topological polar surface area (TPSA) is 0 Å². The van der Waals surface area contributed by atoms with Gasteiger partial charge in [0, 0.05) is 0 Å². The van der Waals surface area contributed by atoms with Crippen molar-refractivity contribution in [1.82, 2.24) is 0 Å². The molecular formula is C11H16. The minimum atomic E-state index is 1.07. The van der Waals surface area contributed by atoms with Gasteiger partial charge in [0.2, 0.25) is 0 Å². The van der Waals surface area contributed by atoms with E-state index < -0.39 is 0 Å². The molecule has 0 heterocycles. The van der Waals surface area contributed by atoms with Crippen molar-refractivity contribution in [3.05, 3.63) is 49.6 Å². The maximum Gasteiger partial charge on any atom is -0.0276 e. The monoisotopic (exact) mass is 148 g/mol. The van der Waals surface area contributed by atoms with E-state index in [9.17, 15) is 0 Å². The van der Waals surface area contributed by atoms with Crippen LogP contribution in [0.25, 0.3) is 0 Å². The van der Waals surface area contributed by atoms with Gasteiger partial charge in [0.25, 0.3) is 0 Å². The zero-order valence-corrected chi connectivity index (χ0v) is 7.05. The van der Waals surface area contributed by atoms with Crippen molar-refractivity contribution in [1.29, 1.82) is 0 Å². The fourth-order valence-corrected chi connectivity index (χ4v) is 0.855. The van der Waals surface area contributed by atoms with Crippen LogP contribution in [-0.4, -0.2) is 0 Å². The highest BCUT2D eigenvalue weighted by Gasteiger charge is 1.88. The van der Waals surface area contributed by atoms with Crippen LogP contribution in [0.1, 0.15) is 19.3 Å². The summed E-state index contributed by atoms with van der Waals surface area (Å²) < 4.78 is 0. The Balaban J connectivity index is 3.69. The van der Waals surface area contributed by atoms with E-state index in [2.05, 4.69) is 19.7 Å². The molecule has 0 heteroatoms. The Morgan fingerprint density at radius 1 is 1.18 bits per heavy atom. The molecule has 0 amide bonds. The lowest BCUT2D eigenvalue weighted by atomic mass is 10.1. The predicted molar refractivity (Wildman–Crippen MR) is 52.5 cm³/mol. The van der Waals surface area contributed by atoms with E-state index in [4.69, 9.17) is 0 Å². The number of allylic oxidation sites excluding steroid dienone is 5. The lowest BCUT2D eigenvalue weighted by Gasteiger charge is -1.97. The highest BCUT2D eigenvalue weighted by Crippen LogP contribution is 2.08. The van der Waals surface area contributed by atoms with E-state index >= 15 is 0 Å². The van der Waals surface area contributed by atoms with Gasteiger partial charge in [-0.15, -0.1) is 6.58 Å². The fraction of sp³-hybridized carbons (Fsp3) is 0.273. The van der Waals surface area contributed by atoms with Gasteiger partial charge in [-0.2, -0.15) is 0 Å². The van der Waals surface area contributed by atoms with Crippen LogP contribution in [0.4, 0.5) is 0 Å². The van der Waals surface area contributed by atoms with Crippen molar-refractivity contribution in [2.75, 3.05) is 0 Å². The van der Waals surface area contributed by atoms with Crippen molar-refractivity contribution in [3.63, 3.8) is 0 Å². The highest BCUT2D eigenvalue weighted by atomic mass is 13.9. The second-order valence-corrected chi connectivity index (χ2v) is 2.36. The number of rotatable bonds is 6. The first-order valence-electron chi connectivity index (χ1n) is 3.90. The van der Waals surface area contributed by atoms with Gasteiger partial charge < -0.3 is 0 Å². The maximum absolute atomic E-state index is 3.72. The molecule has 11 heavy (non-hydrogen) atoms. The van der Waals surface area contributed by atoms with Crippen LogP contribution < -0.4 is 0 Å². The molecule has 0 atom stereocenters. The van der Waals surface area contributed by atoms with Gasteiger partial charge in [0.1, 0.15) is 0 Å². The lowest BCUT2D eigenvalue weighted by molar-refractivity contribution is 0.848. The summed E-state index contributed by atoms with van der Waals surface area (Å²) in [7, 11) is 0. The van der Waals surface area contributed by atoms with Crippen LogP contribution in [0.3, 0.4) is 0 Å². The third kappa shape index (κ3) is 5.41. The molecule has 0 unspecified atom stereocenters. The molecular weight excluding hydrogens is 132 g/mol. The first-order chi connectivity index (χ1) is 5.35. The molecule has 0 aliphatic carbocycles. The summed E-state index contributed by atoms with van der Waals surface area (Å²) in [6, 6.07) is 0. The molecule has 60 valence electrons. The minimum absolute atomic E-state index is 1.07. The molecule has 0 fully saturated rings. The second kappa shape index (κ2) is 7.07. The Hall–Kier alpha value is -1.04. The Labute approximate surface area is 69.6 Å². The number of unbranched alkanes of at least 4 members (excludes halogenated alkanes) is 1. The van der Waals surface area contributed by atoms with Crippen LogP contribution in [0.15, 0.2) is 49.6 Å². The van der Waals surface area contributed by atoms with Crippen molar-refractivity contribution < 1.29 is 0 Å². The molecule has 0 aliphatic heterocycles. The van der Waals surface area contributed by atoms with Gasteiger partial charge >= 0.3 is 0 Å². The molecule has 0 saturated carbocycles. The maximum atomic E-state index is 3.72. The van der Waals surface area contributed by atoms with Gasteiger partial charge in [-0.3, -0.25) is 0 Å². The molecule has 0 N–H and O–H groups in total. The summed E-state index contributed by atoms with van der Waals surface area (Å²) in [5.74, 6) is 0. The zero-order valence-electron chi connectivity index (χ0n) is 7.05. The molecule has 0 aromatic carbocycles. The average Bonchev–Trinajstić information content (AvgIpc) is 2.03. The van der Waals surface area contributed by atoms with Crippen LogP contribution in [-0.2, 0) is 0 Å². The second-order valence-electron chi connectivity index (χ2n) is 2.36. The quantitative estimate of drug-likeness (QED) is 0.306. The number of hydrogen-bond donors (Lipinski definition) is 0. The Kier molecular flexibility index (Phi) is 6.40. The van der Waals surface area contributed by atoms with E-state index in [0.29, 0.717) is 0 Å². The summed E-state index contributed by atoms with van der Waals surface area (Å²) in [5.41, 5.74) is 1.25. The van der Waals surface area contributed by atoms with Crippen molar-refractivity contribution >= 4 is 0 Å². The molecule has 0 bridgehead atoms. The lowest BCUT2D eigenvalue weighted by Crippen LogP contribution is -1.77. The Morgan fingerprint density at radius 2 is 1.91 bits per heavy atom. The van der Waals surface area contributed by atoms with Crippen LogP contribution >= 0.6 is 0 Å². The predicted octanol–water partition coefficient (Wildman–Crippen LogP) is 3.64. The Morgan fingerprint density at radius 3 is 2.36 bits per heavy atom. The molecule has 0 rings (SSSR count). The minimum Gasteiger partial charge on any atom is -0.103 e. The highest BCUT2D eigenvalue weighted by molar-refractivity contribution is 5.20. The standard InChI is InChI=1S/C11H16/c1-4-7-8-10-11(6-3)9-5-2/h4-6,9H,1-3,7-8,10H2/b11-9+. The van der Waals surface area contributed by atoms with E-state index in [0.717, 1.165) is 19.3 Å². The first kappa shape index (κ1) is 9.96. The van der Waals surface area contributed by atoms with Gasteiger partial charge in [-0.1, -0.05) is 37.5 Å². The van der Waals surface area contributed by atoms with Crippen LogP contribution in [0.2, 0.25) is 0 Å². The molecule has 0 radical (unpaired) electrons. The summed E-state index contributed by atoms with van der Waals surface area (Å²) >= 11 is 0. The van der Waals surface area contributed by atoms with Crippen LogP contribution in [0, 0.1) is 0 Å². The van der Waals surface area contributed by atoms with Crippen molar-refractivity contribution in [2.45, 2.75) is 19.3 Å². The molecule has 0 aromatic heterocycles. The van der Waals surface area contributed by atoms with Crippen molar-refractivity contribution in [2.24, 2.45) is 0 Å². The average molecular weight is 148 g/mol. The van der Waals surface area contributed by atoms with Gasteiger partial charge in [0.05, 0.1) is 0 Å². The van der Waals surface area contributed by atoms with Gasteiger partial charge in [-0.05, 0) is 24.8 Å². The van der Waals surface area contributed by atoms with E-state index in [1.165, 1.54) is 5.57 Å². The molecule has 0 aromatic rings. The molecule has 0 aliphatic rings. The summed E-state index contributed by atoms with van der Waals surface area (Å²) in [6.07, 6.45) is 10.9. The first-order valence-corrected chi connectivity index (χ1v) is 3.90. The van der Waals surface area contributed by atoms with Crippen molar-refractivity contribution in [3.8, 4) is 0 Å². The van der Waals surface area contributed by atoms with E-state index in [1.54, 1.807) is 6.08 Å². The smallest absolute Gasteiger partial charge is 0.0276 e. The van der Waals surface area contributed by atoms with Crippen LogP contribution in [0.5, 0.6) is 0 Å². The molecule has 0 saturated heterocycles. The molecule has 0 nitrogen and oxygen atoms in total. The summed E-state index contributed by atoms with van der Waals surface area (Å²) in [5, 5.41) is 0. The number of hydrogen-bond acceptors (Lipinski definition) is 0. The normalized spacial score (nSPS) is 10.7. The van der Waals surface area contributed by atoms with E-state index in [1.807, 2.05) is 18.2 Å². The largest absolute Gasteiger partial charge is 0.103 e. The third-order valence-corrected chi connectivity index (χ3v) is 1.47.